The molecule has 0 radical (unpaired) electrons. The molecule has 4 aromatic rings. The summed E-state index contributed by atoms with van der Waals surface area (Å²) < 4.78 is 0. The third kappa shape index (κ3) is 4.79. The van der Waals surface area contributed by atoms with Crippen molar-refractivity contribution in [3.05, 3.63) is 105 Å². The molecule has 0 unspecified atom stereocenters. The molecule has 1 heteroatoms. The van der Waals surface area contributed by atoms with E-state index in [1.807, 2.05) is 0 Å². The molecular formula is C30H34Fe. The summed E-state index contributed by atoms with van der Waals surface area (Å²) in [5, 5.41) is 0. The van der Waals surface area contributed by atoms with Crippen LogP contribution in [0.15, 0.2) is 60.7 Å². The van der Waals surface area contributed by atoms with Crippen molar-refractivity contribution in [1.82, 2.24) is 0 Å². The summed E-state index contributed by atoms with van der Waals surface area (Å²) in [5.41, 5.74) is 17.0. The van der Waals surface area contributed by atoms with Gasteiger partial charge in [0.2, 0.25) is 0 Å². The maximum Gasteiger partial charge on any atom is 2.00 e. The third-order valence-corrected chi connectivity index (χ3v) is 7.00. The van der Waals surface area contributed by atoms with E-state index in [4.69, 9.17) is 0 Å². The Kier molecular flexibility index (Phi) is 8.29. The van der Waals surface area contributed by atoms with Crippen molar-refractivity contribution < 1.29 is 17.1 Å². The van der Waals surface area contributed by atoms with Crippen molar-refractivity contribution in [2.75, 3.05) is 0 Å². The quantitative estimate of drug-likeness (QED) is 0.212. The van der Waals surface area contributed by atoms with E-state index in [-0.39, 0.29) is 17.1 Å². The molecule has 0 nitrogen and oxygen atoms in total. The maximum absolute atomic E-state index is 2.22. The molecular weight excluding hydrogens is 416 g/mol. The molecule has 0 heterocycles. The zero-order valence-corrected chi connectivity index (χ0v) is 21.2. The minimum atomic E-state index is 0. The van der Waals surface area contributed by atoms with Crippen LogP contribution in [0.2, 0.25) is 0 Å². The fourth-order valence-electron chi connectivity index (χ4n) is 4.51. The Morgan fingerprint density at radius 3 is 0.968 bits per heavy atom. The first-order chi connectivity index (χ1) is 14.3. The summed E-state index contributed by atoms with van der Waals surface area (Å²) in [7, 11) is 0. The first-order valence-electron chi connectivity index (χ1n) is 10.8. The van der Waals surface area contributed by atoms with E-state index in [2.05, 4.69) is 116 Å². The van der Waals surface area contributed by atoms with Gasteiger partial charge in [0.15, 0.2) is 0 Å². The van der Waals surface area contributed by atoms with Crippen LogP contribution in [0.1, 0.15) is 44.5 Å². The molecule has 162 valence electrons. The van der Waals surface area contributed by atoms with Gasteiger partial charge in [0.05, 0.1) is 0 Å². The minimum Gasteiger partial charge on any atom is -0.161 e. The van der Waals surface area contributed by atoms with E-state index >= 15 is 0 Å². The number of hydrogen-bond acceptors (Lipinski definition) is 0. The van der Waals surface area contributed by atoms with Crippen LogP contribution in [0.25, 0.3) is 22.3 Å². The van der Waals surface area contributed by atoms with Gasteiger partial charge in [0.1, 0.15) is 0 Å². The van der Waals surface area contributed by atoms with E-state index < -0.39 is 0 Å². The monoisotopic (exact) mass is 450 g/mol. The Bertz CT molecular complexity index is 994. The largest absolute Gasteiger partial charge is 2.00 e. The summed E-state index contributed by atoms with van der Waals surface area (Å²) >= 11 is 0. The van der Waals surface area contributed by atoms with Crippen LogP contribution in [-0.2, 0) is 17.1 Å². The van der Waals surface area contributed by atoms with E-state index in [0.717, 1.165) is 0 Å². The van der Waals surface area contributed by atoms with Crippen LogP contribution >= 0.6 is 0 Å². The molecule has 0 amide bonds. The Morgan fingerprint density at radius 1 is 0.452 bits per heavy atom. The predicted octanol–water partition coefficient (Wildman–Crippen LogP) is 8.61. The second-order valence-electron chi connectivity index (χ2n) is 8.48. The van der Waals surface area contributed by atoms with Gasteiger partial charge in [-0.1, -0.05) is 127 Å². The van der Waals surface area contributed by atoms with Crippen molar-refractivity contribution in [3.8, 4) is 22.3 Å². The molecule has 0 fully saturated rings. The van der Waals surface area contributed by atoms with E-state index in [0.29, 0.717) is 0 Å². The smallest absolute Gasteiger partial charge is 0.161 e. The van der Waals surface area contributed by atoms with Gasteiger partial charge >= 0.3 is 17.1 Å². The van der Waals surface area contributed by atoms with Crippen LogP contribution in [0, 0.1) is 55.4 Å². The van der Waals surface area contributed by atoms with Crippen LogP contribution in [0.3, 0.4) is 0 Å². The molecule has 0 aromatic heterocycles. The van der Waals surface area contributed by atoms with E-state index in [1.54, 1.807) is 0 Å². The molecule has 0 saturated heterocycles. The SMILES string of the molecule is Cc1c(C)c(-c2ccccc2)[c-](C)c1C.Cc1c(C)c(-c2ccccc2)[c-](C)c1C.[Fe+2]. The molecule has 0 aliphatic rings. The van der Waals surface area contributed by atoms with Crippen molar-refractivity contribution in [2.24, 2.45) is 0 Å². The Hall–Kier alpha value is -2.34. The third-order valence-electron chi connectivity index (χ3n) is 7.00. The summed E-state index contributed by atoms with van der Waals surface area (Å²) in [6.07, 6.45) is 0. The Balaban J connectivity index is 0.000000213. The first-order valence-corrected chi connectivity index (χ1v) is 10.8. The molecule has 0 N–H and O–H groups in total. The number of hydrogen-bond donors (Lipinski definition) is 0. The fourth-order valence-corrected chi connectivity index (χ4v) is 4.51. The van der Waals surface area contributed by atoms with Crippen molar-refractivity contribution in [3.63, 3.8) is 0 Å². The molecule has 0 spiro atoms. The van der Waals surface area contributed by atoms with Crippen LogP contribution in [0.4, 0.5) is 0 Å². The van der Waals surface area contributed by atoms with Gasteiger partial charge in [-0.3, -0.25) is 0 Å². The summed E-state index contributed by atoms with van der Waals surface area (Å²) in [5.74, 6) is 0. The second-order valence-corrected chi connectivity index (χ2v) is 8.48. The fraction of sp³-hybridized carbons (Fsp3) is 0.267. The molecule has 0 aliphatic heterocycles. The second kappa shape index (κ2) is 10.3. The summed E-state index contributed by atoms with van der Waals surface area (Å²) in [6, 6.07) is 21.3. The molecule has 4 rings (SSSR count). The zero-order valence-electron chi connectivity index (χ0n) is 20.1. The molecule has 31 heavy (non-hydrogen) atoms. The van der Waals surface area contributed by atoms with Gasteiger partial charge < -0.3 is 0 Å². The number of rotatable bonds is 2. The van der Waals surface area contributed by atoms with Gasteiger partial charge in [-0.25, -0.2) is 0 Å². The average molecular weight is 450 g/mol. The average Bonchev–Trinajstić information content (AvgIpc) is 3.08. The maximum atomic E-state index is 2.22. The minimum absolute atomic E-state index is 0. The van der Waals surface area contributed by atoms with Gasteiger partial charge in [0, 0.05) is 0 Å². The first kappa shape index (κ1) is 24.9. The zero-order chi connectivity index (χ0) is 22.0. The van der Waals surface area contributed by atoms with Crippen LogP contribution in [-0.4, -0.2) is 0 Å². The van der Waals surface area contributed by atoms with Crippen molar-refractivity contribution in [2.45, 2.75) is 55.4 Å². The van der Waals surface area contributed by atoms with E-state index in [1.165, 1.54) is 66.8 Å². The van der Waals surface area contributed by atoms with Crippen LogP contribution < -0.4 is 0 Å². The number of benzene rings is 2. The van der Waals surface area contributed by atoms with Gasteiger partial charge in [-0.15, -0.1) is 33.4 Å². The van der Waals surface area contributed by atoms with Gasteiger partial charge in [0.25, 0.3) is 0 Å². The molecule has 0 bridgehead atoms. The standard InChI is InChI=1S/2C15H17.Fe/c2*1-10-11(2)13(4)15(12(10)3)14-8-6-5-7-9-14;/h2*5-9H,1-4H3;/q2*-1;+2. The summed E-state index contributed by atoms with van der Waals surface area (Å²) in [4.78, 5) is 0. The van der Waals surface area contributed by atoms with Gasteiger partial charge in [-0.05, 0) is 0 Å². The molecule has 0 aliphatic carbocycles. The molecule has 4 aromatic carbocycles. The Labute approximate surface area is 199 Å². The topological polar surface area (TPSA) is 0 Å². The van der Waals surface area contributed by atoms with E-state index in [9.17, 15) is 0 Å². The van der Waals surface area contributed by atoms with Crippen molar-refractivity contribution in [1.29, 1.82) is 0 Å². The van der Waals surface area contributed by atoms with Gasteiger partial charge in [-0.2, -0.15) is 22.3 Å². The summed E-state index contributed by atoms with van der Waals surface area (Å²) in [6.45, 7) is 17.7. The normalized spacial score (nSPS) is 10.3. The van der Waals surface area contributed by atoms with Crippen molar-refractivity contribution >= 4 is 0 Å². The Morgan fingerprint density at radius 2 is 0.742 bits per heavy atom. The predicted molar refractivity (Wildman–Crippen MR) is 133 cm³/mol. The molecule has 0 atom stereocenters. The van der Waals surface area contributed by atoms with Crippen LogP contribution in [0.5, 0.6) is 0 Å². The molecule has 0 saturated carbocycles.